The van der Waals surface area contributed by atoms with Crippen LogP contribution in [0, 0.1) is 0 Å². The van der Waals surface area contributed by atoms with Gasteiger partial charge in [-0.25, -0.2) is 13.2 Å². The first-order valence-electron chi connectivity index (χ1n) is 8.92. The molecule has 0 amide bonds. The van der Waals surface area contributed by atoms with Gasteiger partial charge in [0.25, 0.3) is 0 Å². The Hall–Kier alpha value is -2.58. The van der Waals surface area contributed by atoms with Gasteiger partial charge in [-0.1, -0.05) is 17.7 Å². The first-order chi connectivity index (χ1) is 13.7. The number of ether oxygens (including phenoxy) is 2. The molecule has 1 aliphatic heterocycles. The maximum Gasteiger partial charge on any atom is 0.344 e. The van der Waals surface area contributed by atoms with Gasteiger partial charge in [-0.05, 0) is 54.8 Å². The number of anilines is 1. The summed E-state index contributed by atoms with van der Waals surface area (Å²) < 4.78 is 35.4. The number of fused-ring (bicyclic) bond motifs is 1. The van der Waals surface area contributed by atoms with E-state index in [-0.39, 0.29) is 12.4 Å². The molecule has 0 atom stereocenters. The molecule has 0 saturated heterocycles. The van der Waals surface area contributed by atoms with E-state index in [1.54, 1.807) is 42.5 Å². The van der Waals surface area contributed by atoms with Gasteiger partial charge in [-0.2, -0.15) is 0 Å². The Bertz CT molecular complexity index is 1040. The second-order valence-electron chi connectivity index (χ2n) is 6.61. The van der Waals surface area contributed by atoms with E-state index in [0.29, 0.717) is 41.4 Å². The zero-order valence-electron chi connectivity index (χ0n) is 15.8. The number of sulfonamides is 1. The van der Waals surface area contributed by atoms with Gasteiger partial charge in [0.2, 0.25) is 10.0 Å². The highest BCUT2D eigenvalue weighted by Gasteiger charge is 2.24. The Morgan fingerprint density at radius 2 is 1.93 bits per heavy atom. The van der Waals surface area contributed by atoms with E-state index in [2.05, 4.69) is 0 Å². The maximum absolute atomic E-state index is 12.4. The van der Waals surface area contributed by atoms with Crippen molar-refractivity contribution >= 4 is 39.1 Å². The van der Waals surface area contributed by atoms with Gasteiger partial charge in [0.05, 0.1) is 11.9 Å². The fraction of sp³-hybridized carbons (Fsp3) is 0.300. The number of hydrogen-bond donors (Lipinski definition) is 0. The molecule has 0 saturated carbocycles. The minimum Gasteiger partial charge on any atom is -0.482 e. The largest absolute Gasteiger partial charge is 0.482 e. The molecule has 0 radical (unpaired) electrons. The van der Waals surface area contributed by atoms with E-state index in [1.807, 2.05) is 0 Å². The number of halogens is 1. The Kier molecular flexibility index (Phi) is 6.44. The molecule has 154 valence electrons. The monoisotopic (exact) mass is 437 g/mol. The van der Waals surface area contributed by atoms with Crippen LogP contribution in [-0.2, 0) is 26.0 Å². The van der Waals surface area contributed by atoms with Gasteiger partial charge < -0.3 is 9.47 Å². The van der Waals surface area contributed by atoms with Gasteiger partial charge in [0, 0.05) is 17.1 Å². The number of ketones is 1. The van der Waals surface area contributed by atoms with Gasteiger partial charge in [-0.3, -0.25) is 9.10 Å². The molecule has 0 bridgehead atoms. The molecule has 0 N–H and O–H groups in total. The van der Waals surface area contributed by atoms with E-state index >= 15 is 0 Å². The third-order valence-electron chi connectivity index (χ3n) is 4.39. The van der Waals surface area contributed by atoms with Crippen molar-refractivity contribution in [3.8, 4) is 5.75 Å². The molecule has 0 fully saturated rings. The summed E-state index contributed by atoms with van der Waals surface area (Å²) in [7, 11) is -3.37. The lowest BCUT2D eigenvalue weighted by atomic mass is 9.99. The standard InChI is InChI=1S/C20H20ClNO6S/c1-29(25,26)22-9-3-4-14-10-15(7-8-18(14)22)19(23)12-28-20(24)13-27-17-6-2-5-16(21)11-17/h2,5-8,10-11H,3-4,9,12-13H2,1H3. The number of benzene rings is 2. The summed E-state index contributed by atoms with van der Waals surface area (Å²) in [6.07, 6.45) is 2.51. The minimum atomic E-state index is -3.37. The predicted molar refractivity (Wildman–Crippen MR) is 109 cm³/mol. The number of hydrogen-bond acceptors (Lipinski definition) is 6. The maximum atomic E-state index is 12.4. The van der Waals surface area contributed by atoms with E-state index in [1.165, 1.54) is 4.31 Å². The third-order valence-corrected chi connectivity index (χ3v) is 5.81. The first kappa shape index (κ1) is 21.1. The molecular formula is C20H20ClNO6S. The van der Waals surface area contributed by atoms with Gasteiger partial charge in [-0.15, -0.1) is 0 Å². The number of nitrogens with zero attached hydrogens (tertiary/aromatic N) is 1. The van der Waals surface area contributed by atoms with Crippen molar-refractivity contribution < 1.29 is 27.5 Å². The summed E-state index contributed by atoms with van der Waals surface area (Å²) in [5, 5.41) is 0.480. The Labute approximate surface area is 174 Å². The van der Waals surface area contributed by atoms with E-state index < -0.39 is 22.6 Å². The van der Waals surface area contributed by atoms with Crippen molar-refractivity contribution in [1.82, 2.24) is 0 Å². The fourth-order valence-corrected chi connectivity index (χ4v) is 4.23. The molecule has 9 heteroatoms. The molecule has 2 aromatic rings. The average molecular weight is 438 g/mol. The van der Waals surface area contributed by atoms with Crippen LogP contribution in [0.15, 0.2) is 42.5 Å². The number of esters is 1. The number of rotatable bonds is 7. The minimum absolute atomic E-state index is 0.346. The Morgan fingerprint density at radius 3 is 2.66 bits per heavy atom. The van der Waals surface area contributed by atoms with Crippen LogP contribution in [0.4, 0.5) is 5.69 Å². The SMILES string of the molecule is CS(=O)(=O)N1CCCc2cc(C(=O)COC(=O)COc3cccc(Cl)c3)ccc21. The molecule has 0 aromatic heterocycles. The summed E-state index contributed by atoms with van der Waals surface area (Å²) in [6.45, 7) is -0.350. The molecule has 0 unspecified atom stereocenters. The second-order valence-corrected chi connectivity index (χ2v) is 8.96. The first-order valence-corrected chi connectivity index (χ1v) is 11.1. The number of carbonyl (C=O) groups is 2. The van der Waals surface area contributed by atoms with Crippen molar-refractivity contribution in [2.24, 2.45) is 0 Å². The van der Waals surface area contributed by atoms with Gasteiger partial charge >= 0.3 is 5.97 Å². The lowest BCUT2D eigenvalue weighted by molar-refractivity contribution is -0.144. The molecule has 7 nitrogen and oxygen atoms in total. The van der Waals surface area contributed by atoms with Crippen LogP contribution in [0.5, 0.6) is 5.75 Å². The lowest BCUT2D eigenvalue weighted by Gasteiger charge is -2.29. The number of aryl methyl sites for hydroxylation is 1. The summed E-state index contributed by atoms with van der Waals surface area (Å²) in [6, 6.07) is 11.4. The van der Waals surface area contributed by atoms with Crippen molar-refractivity contribution in [2.45, 2.75) is 12.8 Å². The number of carbonyl (C=O) groups excluding carboxylic acids is 2. The highest BCUT2D eigenvalue weighted by Crippen LogP contribution is 2.30. The molecule has 2 aromatic carbocycles. The summed E-state index contributed by atoms with van der Waals surface area (Å²) in [5.41, 5.74) is 1.73. The van der Waals surface area contributed by atoms with Gasteiger partial charge in [0.1, 0.15) is 5.75 Å². The van der Waals surface area contributed by atoms with E-state index in [9.17, 15) is 18.0 Å². The fourth-order valence-electron chi connectivity index (χ4n) is 3.05. The lowest BCUT2D eigenvalue weighted by Crippen LogP contribution is -2.34. The normalized spacial score (nSPS) is 13.5. The third kappa shape index (κ3) is 5.48. The van der Waals surface area contributed by atoms with Crippen LogP contribution >= 0.6 is 11.6 Å². The average Bonchev–Trinajstić information content (AvgIpc) is 2.69. The predicted octanol–water partition coefficient (Wildman–Crippen LogP) is 2.86. The highest BCUT2D eigenvalue weighted by molar-refractivity contribution is 7.92. The molecule has 1 aliphatic rings. The molecule has 3 rings (SSSR count). The molecule has 0 spiro atoms. The van der Waals surface area contributed by atoms with Crippen molar-refractivity contribution in [3.05, 3.63) is 58.6 Å². The summed E-state index contributed by atoms with van der Waals surface area (Å²) in [4.78, 5) is 24.2. The van der Waals surface area contributed by atoms with E-state index in [0.717, 1.165) is 11.8 Å². The summed E-state index contributed by atoms with van der Waals surface area (Å²) >= 11 is 5.84. The van der Waals surface area contributed by atoms with Crippen molar-refractivity contribution in [3.63, 3.8) is 0 Å². The quantitative estimate of drug-likeness (QED) is 0.488. The topological polar surface area (TPSA) is 90.0 Å². The molecular weight excluding hydrogens is 418 g/mol. The van der Waals surface area contributed by atoms with Gasteiger partial charge in [0.15, 0.2) is 19.0 Å². The van der Waals surface area contributed by atoms with Crippen LogP contribution in [0.2, 0.25) is 5.02 Å². The molecule has 0 aliphatic carbocycles. The van der Waals surface area contributed by atoms with Crippen LogP contribution in [0.3, 0.4) is 0 Å². The summed E-state index contributed by atoms with van der Waals surface area (Å²) in [5.74, 6) is -0.634. The highest BCUT2D eigenvalue weighted by atomic mass is 35.5. The van der Waals surface area contributed by atoms with Crippen LogP contribution in [0.25, 0.3) is 0 Å². The van der Waals surface area contributed by atoms with Crippen LogP contribution in [-0.4, -0.2) is 46.2 Å². The van der Waals surface area contributed by atoms with Crippen LogP contribution < -0.4 is 9.04 Å². The Morgan fingerprint density at radius 1 is 1.14 bits per heavy atom. The second kappa shape index (κ2) is 8.84. The molecule has 1 heterocycles. The smallest absolute Gasteiger partial charge is 0.344 e. The number of Topliss-reactive ketones (excluding diaryl/α,β-unsaturated/α-hetero) is 1. The van der Waals surface area contributed by atoms with Crippen molar-refractivity contribution in [2.75, 3.05) is 30.3 Å². The molecule has 29 heavy (non-hydrogen) atoms. The zero-order valence-corrected chi connectivity index (χ0v) is 17.3. The Balaban J connectivity index is 1.57. The van der Waals surface area contributed by atoms with Crippen molar-refractivity contribution in [1.29, 1.82) is 0 Å². The zero-order chi connectivity index (χ0) is 21.0. The van der Waals surface area contributed by atoms with E-state index in [4.69, 9.17) is 21.1 Å². The van der Waals surface area contributed by atoms with Crippen LogP contribution in [0.1, 0.15) is 22.3 Å².